The highest BCUT2D eigenvalue weighted by Gasteiger charge is 2.23. The van der Waals surface area contributed by atoms with Crippen molar-refractivity contribution in [3.05, 3.63) is 77.5 Å². The maximum atomic E-state index is 5.66. The molecule has 0 aliphatic rings. The molecule has 0 spiro atoms. The molecule has 0 unspecified atom stereocenters. The first-order chi connectivity index (χ1) is 11.8. The third-order valence-corrected chi connectivity index (χ3v) is 3.68. The van der Waals surface area contributed by atoms with Crippen molar-refractivity contribution < 1.29 is 9.57 Å². The van der Waals surface area contributed by atoms with Crippen LogP contribution in [0, 0.1) is 6.92 Å². The van der Waals surface area contributed by atoms with Crippen LogP contribution in [0.1, 0.15) is 16.8 Å². The highest BCUT2D eigenvalue weighted by Crippen LogP contribution is 2.28. The number of benzene rings is 2. The van der Waals surface area contributed by atoms with Crippen LogP contribution in [-0.4, -0.2) is 29.7 Å². The number of aromatic nitrogens is 2. The van der Waals surface area contributed by atoms with Crippen LogP contribution in [0.2, 0.25) is 0 Å². The lowest BCUT2D eigenvalue weighted by Crippen LogP contribution is -2.07. The molecular formula is C19H19N3O2. The lowest BCUT2D eigenvalue weighted by molar-refractivity contribution is 0.214. The molecule has 2 aromatic carbocycles. The quantitative estimate of drug-likeness (QED) is 0.533. The van der Waals surface area contributed by atoms with Crippen molar-refractivity contribution in [2.45, 2.75) is 6.92 Å². The summed E-state index contributed by atoms with van der Waals surface area (Å²) in [6, 6.07) is 19.7. The van der Waals surface area contributed by atoms with E-state index in [4.69, 9.17) is 9.57 Å². The van der Waals surface area contributed by atoms with Crippen LogP contribution in [0.5, 0.6) is 5.88 Å². The minimum absolute atomic E-state index is 0.623. The van der Waals surface area contributed by atoms with Crippen LogP contribution in [-0.2, 0) is 4.84 Å². The number of oxime groups is 1. The summed E-state index contributed by atoms with van der Waals surface area (Å²) in [7, 11) is 3.17. The molecule has 3 aromatic rings. The molecule has 0 saturated heterocycles. The van der Waals surface area contributed by atoms with Gasteiger partial charge in [0.15, 0.2) is 0 Å². The number of rotatable bonds is 5. The van der Waals surface area contributed by atoms with Gasteiger partial charge in [-0.3, -0.25) is 0 Å². The Kier molecular flexibility index (Phi) is 4.61. The number of hydrogen-bond donors (Lipinski definition) is 0. The maximum Gasteiger partial charge on any atom is 0.226 e. The van der Waals surface area contributed by atoms with Gasteiger partial charge in [0.25, 0.3) is 0 Å². The smallest absolute Gasteiger partial charge is 0.226 e. The van der Waals surface area contributed by atoms with Gasteiger partial charge < -0.3 is 9.57 Å². The standard InChI is InChI=1S/C19H19N3O2/c1-14-17(18(21-24-3)15-10-6-4-7-11-15)19(23-2)22(20-14)16-12-8-5-9-13-16/h4-13H,1-3H3/b21-18-. The zero-order valence-corrected chi connectivity index (χ0v) is 13.9. The topological polar surface area (TPSA) is 48.6 Å². The number of aryl methyl sites for hydroxylation is 1. The van der Waals surface area contributed by atoms with E-state index in [2.05, 4.69) is 10.3 Å². The molecule has 3 rings (SSSR count). The van der Waals surface area contributed by atoms with Gasteiger partial charge in [0, 0.05) is 5.56 Å². The molecule has 5 nitrogen and oxygen atoms in total. The average molecular weight is 321 g/mol. The first-order valence-electron chi connectivity index (χ1n) is 7.62. The molecule has 0 amide bonds. The Balaban J connectivity index is 2.20. The number of nitrogens with zero attached hydrogens (tertiary/aromatic N) is 3. The van der Waals surface area contributed by atoms with E-state index in [0.717, 1.165) is 22.5 Å². The number of ether oxygens (including phenoxy) is 1. The first-order valence-corrected chi connectivity index (χ1v) is 7.62. The van der Waals surface area contributed by atoms with E-state index in [-0.39, 0.29) is 0 Å². The monoisotopic (exact) mass is 321 g/mol. The molecule has 0 aliphatic carbocycles. The van der Waals surface area contributed by atoms with Crippen molar-refractivity contribution in [3.8, 4) is 11.6 Å². The van der Waals surface area contributed by atoms with Crippen LogP contribution in [0.4, 0.5) is 0 Å². The summed E-state index contributed by atoms with van der Waals surface area (Å²) in [5, 5.41) is 8.86. The van der Waals surface area contributed by atoms with Gasteiger partial charge in [-0.05, 0) is 19.1 Å². The second-order valence-corrected chi connectivity index (χ2v) is 5.21. The predicted molar refractivity (Wildman–Crippen MR) is 93.9 cm³/mol. The van der Waals surface area contributed by atoms with Gasteiger partial charge in [0.05, 0.1) is 24.1 Å². The van der Waals surface area contributed by atoms with Gasteiger partial charge in [0.1, 0.15) is 12.8 Å². The van der Waals surface area contributed by atoms with Gasteiger partial charge in [-0.15, -0.1) is 0 Å². The Labute approximate surface area is 141 Å². The van der Waals surface area contributed by atoms with Crippen LogP contribution >= 0.6 is 0 Å². The highest BCUT2D eigenvalue weighted by atomic mass is 16.6. The van der Waals surface area contributed by atoms with Crippen molar-refractivity contribution in [3.63, 3.8) is 0 Å². The van der Waals surface area contributed by atoms with Crippen molar-refractivity contribution in [1.29, 1.82) is 0 Å². The molecule has 5 heteroatoms. The summed E-state index contributed by atoms with van der Waals surface area (Å²) in [5.74, 6) is 0.623. The van der Waals surface area contributed by atoms with Gasteiger partial charge in [-0.2, -0.15) is 5.10 Å². The Morgan fingerprint density at radius 2 is 1.58 bits per heavy atom. The molecular weight excluding hydrogens is 302 g/mol. The molecule has 0 bridgehead atoms. The maximum absolute atomic E-state index is 5.66. The molecule has 0 saturated carbocycles. The third-order valence-electron chi connectivity index (χ3n) is 3.68. The summed E-state index contributed by atoms with van der Waals surface area (Å²) < 4.78 is 7.44. The second kappa shape index (κ2) is 7.00. The fraction of sp³-hybridized carbons (Fsp3) is 0.158. The molecule has 0 aliphatic heterocycles. The fourth-order valence-corrected chi connectivity index (χ4v) is 2.64. The molecule has 0 radical (unpaired) electrons. The van der Waals surface area contributed by atoms with Crippen molar-refractivity contribution >= 4 is 5.71 Å². The molecule has 122 valence electrons. The van der Waals surface area contributed by atoms with Gasteiger partial charge in [-0.25, -0.2) is 4.68 Å². The van der Waals surface area contributed by atoms with Gasteiger partial charge >= 0.3 is 0 Å². The number of hydrogen-bond acceptors (Lipinski definition) is 4. The Hall–Kier alpha value is -3.08. The van der Waals surface area contributed by atoms with E-state index >= 15 is 0 Å². The molecule has 1 heterocycles. The minimum Gasteiger partial charge on any atom is -0.480 e. The van der Waals surface area contributed by atoms with Crippen molar-refractivity contribution in [2.24, 2.45) is 5.16 Å². The Bertz CT molecular complexity index is 840. The molecule has 0 N–H and O–H groups in total. The van der Waals surface area contributed by atoms with Crippen molar-refractivity contribution in [1.82, 2.24) is 9.78 Å². The van der Waals surface area contributed by atoms with Crippen LogP contribution in [0.15, 0.2) is 65.8 Å². The fourth-order valence-electron chi connectivity index (χ4n) is 2.64. The summed E-state index contributed by atoms with van der Waals surface area (Å²) in [6.45, 7) is 1.94. The average Bonchev–Trinajstić information content (AvgIpc) is 2.97. The summed E-state index contributed by atoms with van der Waals surface area (Å²) >= 11 is 0. The molecule has 24 heavy (non-hydrogen) atoms. The number of para-hydroxylation sites is 1. The van der Waals surface area contributed by atoms with E-state index in [1.165, 1.54) is 7.11 Å². The van der Waals surface area contributed by atoms with E-state index in [1.807, 2.05) is 67.6 Å². The predicted octanol–water partition coefficient (Wildman–Crippen LogP) is 3.59. The van der Waals surface area contributed by atoms with E-state index < -0.39 is 0 Å². The van der Waals surface area contributed by atoms with Gasteiger partial charge in [0.2, 0.25) is 5.88 Å². The highest BCUT2D eigenvalue weighted by molar-refractivity contribution is 6.14. The van der Waals surface area contributed by atoms with Crippen LogP contribution in [0.25, 0.3) is 5.69 Å². The second-order valence-electron chi connectivity index (χ2n) is 5.21. The van der Waals surface area contributed by atoms with E-state index in [9.17, 15) is 0 Å². The summed E-state index contributed by atoms with van der Waals surface area (Å²) in [5.41, 5.74) is 4.18. The zero-order valence-electron chi connectivity index (χ0n) is 13.9. The van der Waals surface area contributed by atoms with Crippen LogP contribution < -0.4 is 4.74 Å². The van der Waals surface area contributed by atoms with Gasteiger partial charge in [-0.1, -0.05) is 53.7 Å². The largest absolute Gasteiger partial charge is 0.480 e. The number of methoxy groups -OCH3 is 1. The van der Waals surface area contributed by atoms with Crippen molar-refractivity contribution in [2.75, 3.05) is 14.2 Å². The lowest BCUT2D eigenvalue weighted by Gasteiger charge is -2.10. The summed E-state index contributed by atoms with van der Waals surface area (Å²) in [6.07, 6.45) is 0. The molecule has 0 fully saturated rings. The first kappa shape index (κ1) is 15.8. The molecule has 0 atom stereocenters. The lowest BCUT2D eigenvalue weighted by atomic mass is 10.0. The van der Waals surface area contributed by atoms with E-state index in [0.29, 0.717) is 11.6 Å². The molecule has 1 aromatic heterocycles. The Morgan fingerprint density at radius 3 is 2.17 bits per heavy atom. The van der Waals surface area contributed by atoms with E-state index in [1.54, 1.807) is 11.8 Å². The Morgan fingerprint density at radius 1 is 0.958 bits per heavy atom. The summed E-state index contributed by atoms with van der Waals surface area (Å²) in [4.78, 5) is 5.08. The normalized spacial score (nSPS) is 11.4. The zero-order chi connectivity index (χ0) is 16.9. The third kappa shape index (κ3) is 2.88. The minimum atomic E-state index is 0.623. The van der Waals surface area contributed by atoms with Crippen LogP contribution in [0.3, 0.4) is 0 Å². The SMILES string of the molecule is CO/N=C(/c1ccccc1)c1c(C)nn(-c2ccccc2)c1OC.